The second-order valence-corrected chi connectivity index (χ2v) is 2.98. The van der Waals surface area contributed by atoms with Crippen LogP contribution < -0.4 is 0 Å². The van der Waals surface area contributed by atoms with Gasteiger partial charge >= 0.3 is 5.97 Å². The summed E-state index contributed by atoms with van der Waals surface area (Å²) in [5.41, 5.74) is -0.642. The van der Waals surface area contributed by atoms with Crippen LogP contribution in [0.5, 0.6) is 0 Å². The van der Waals surface area contributed by atoms with Gasteiger partial charge in [-0.25, -0.2) is 0 Å². The minimum absolute atomic E-state index is 0.309. The summed E-state index contributed by atoms with van der Waals surface area (Å²) in [6, 6.07) is 0. The summed E-state index contributed by atoms with van der Waals surface area (Å²) in [6.07, 6.45) is 0.343. The van der Waals surface area contributed by atoms with Gasteiger partial charge in [0.05, 0.1) is 13.9 Å². The van der Waals surface area contributed by atoms with Gasteiger partial charge in [-0.15, -0.1) is 0 Å². The van der Waals surface area contributed by atoms with Crippen LogP contribution in [0.25, 0.3) is 0 Å². The number of carbonyl (C=O) groups is 1. The zero-order valence-corrected chi connectivity index (χ0v) is 7.51. The van der Waals surface area contributed by atoms with Crippen molar-refractivity contribution < 1.29 is 15.6 Å². The molecule has 0 aromatic heterocycles. The summed E-state index contributed by atoms with van der Waals surface area (Å²) < 4.78 is 16.6. The van der Waals surface area contributed by atoms with E-state index in [0.29, 0.717) is 6.42 Å². The molecule has 0 spiro atoms. The molecule has 0 N–H and O–H groups in total. The first-order chi connectivity index (χ1) is 5.44. The molecule has 11 heavy (non-hydrogen) atoms. The quantitative estimate of drug-likeness (QED) is 0.581. The van der Waals surface area contributed by atoms with Gasteiger partial charge in [-0.2, -0.15) is 0 Å². The van der Waals surface area contributed by atoms with Crippen molar-refractivity contribution >= 4 is 5.97 Å². The molecule has 0 bridgehead atoms. The molecule has 0 aliphatic rings. The minimum atomic E-state index is -0.668. The van der Waals surface area contributed by atoms with Crippen molar-refractivity contribution in [1.29, 1.82) is 0 Å². The van der Waals surface area contributed by atoms with E-state index >= 15 is 0 Å². The highest BCUT2D eigenvalue weighted by Gasteiger charge is 2.27. The van der Waals surface area contributed by atoms with Crippen molar-refractivity contribution in [2.75, 3.05) is 20.8 Å². The first kappa shape index (κ1) is 8.53. The Morgan fingerprint density at radius 1 is 1.55 bits per heavy atom. The zero-order valence-electron chi connectivity index (χ0n) is 8.51. The van der Waals surface area contributed by atoms with E-state index in [2.05, 4.69) is 4.74 Å². The molecule has 3 heteroatoms. The standard InChI is InChI=1S/C8H16O3/c1-8(2,5-6-10-3)7(9)11-4/h5-6H2,1-4H3/i6D. The van der Waals surface area contributed by atoms with Gasteiger partial charge in [0.2, 0.25) is 0 Å². The van der Waals surface area contributed by atoms with Gasteiger partial charge in [0.15, 0.2) is 0 Å². The smallest absolute Gasteiger partial charge is 0.311 e. The highest BCUT2D eigenvalue weighted by molar-refractivity contribution is 5.75. The Kier molecular flexibility index (Phi) is 3.36. The number of esters is 1. The lowest BCUT2D eigenvalue weighted by molar-refractivity contribution is -0.151. The van der Waals surface area contributed by atoms with Gasteiger partial charge in [-0.05, 0) is 20.3 Å². The Hall–Kier alpha value is -0.570. The number of carbonyl (C=O) groups excluding carboxylic acids is 1. The molecule has 0 heterocycles. The Morgan fingerprint density at radius 3 is 2.45 bits per heavy atom. The van der Waals surface area contributed by atoms with E-state index in [9.17, 15) is 4.79 Å². The molecule has 0 aliphatic heterocycles. The average Bonchev–Trinajstić information content (AvgIpc) is 2.02. The third-order valence-corrected chi connectivity index (χ3v) is 1.50. The zero-order chi connectivity index (χ0) is 9.78. The predicted molar refractivity (Wildman–Crippen MR) is 42.3 cm³/mol. The molecular formula is C8H16O3. The second kappa shape index (κ2) is 4.34. The molecule has 0 rings (SSSR count). The number of methoxy groups -OCH3 is 2. The summed E-state index contributed by atoms with van der Waals surface area (Å²) in [6.45, 7) is 2.80. The molecule has 1 atom stereocenters. The van der Waals surface area contributed by atoms with E-state index in [4.69, 9.17) is 6.11 Å². The van der Waals surface area contributed by atoms with Gasteiger partial charge in [0.25, 0.3) is 0 Å². The Balaban J connectivity index is 4.11. The van der Waals surface area contributed by atoms with Crippen LogP contribution in [0.2, 0.25) is 0 Å². The fourth-order valence-electron chi connectivity index (χ4n) is 0.651. The average molecular weight is 161 g/mol. The van der Waals surface area contributed by atoms with Gasteiger partial charge in [0.1, 0.15) is 0 Å². The van der Waals surface area contributed by atoms with Crippen LogP contribution in [0.15, 0.2) is 0 Å². The molecule has 1 unspecified atom stereocenters. The van der Waals surface area contributed by atoms with Crippen molar-refractivity contribution in [3.63, 3.8) is 0 Å². The first-order valence-corrected chi connectivity index (χ1v) is 3.47. The Bertz CT molecular complexity index is 156. The number of rotatable bonds is 4. The van der Waals surface area contributed by atoms with Crippen LogP contribution >= 0.6 is 0 Å². The van der Waals surface area contributed by atoms with Gasteiger partial charge in [-0.1, -0.05) is 0 Å². The molecule has 0 radical (unpaired) electrons. The van der Waals surface area contributed by atoms with Crippen LogP contribution in [0, 0.1) is 5.41 Å². The van der Waals surface area contributed by atoms with E-state index in [1.807, 2.05) is 0 Å². The Morgan fingerprint density at radius 2 is 2.09 bits per heavy atom. The lowest BCUT2D eigenvalue weighted by Crippen LogP contribution is -2.26. The topological polar surface area (TPSA) is 35.5 Å². The number of hydrogen-bond donors (Lipinski definition) is 0. The summed E-state index contributed by atoms with van der Waals surface area (Å²) in [5, 5.41) is 0. The SMILES string of the molecule is [2H]C(CC(C)(C)C(=O)OC)OC. The number of ether oxygens (including phenoxy) is 2. The maximum Gasteiger partial charge on any atom is 0.311 e. The van der Waals surface area contributed by atoms with Gasteiger partial charge in [0, 0.05) is 13.7 Å². The maximum absolute atomic E-state index is 11.1. The molecule has 0 fully saturated rings. The lowest BCUT2D eigenvalue weighted by Gasteiger charge is -2.20. The molecular weight excluding hydrogens is 144 g/mol. The van der Waals surface area contributed by atoms with Crippen LogP contribution in [0.3, 0.4) is 0 Å². The van der Waals surface area contributed by atoms with Crippen molar-refractivity contribution in [2.24, 2.45) is 5.41 Å². The van der Waals surface area contributed by atoms with Crippen molar-refractivity contribution in [1.82, 2.24) is 0 Å². The van der Waals surface area contributed by atoms with Crippen LogP contribution in [-0.4, -0.2) is 26.8 Å². The third-order valence-electron chi connectivity index (χ3n) is 1.50. The Labute approximate surface area is 69.1 Å². The third kappa shape index (κ3) is 3.37. The highest BCUT2D eigenvalue weighted by Crippen LogP contribution is 2.21. The van der Waals surface area contributed by atoms with E-state index < -0.39 is 12.0 Å². The fraction of sp³-hybridized carbons (Fsp3) is 0.875. The normalized spacial score (nSPS) is 15.5. The summed E-state index contributed by atoms with van der Waals surface area (Å²) in [7, 11) is 2.79. The molecule has 0 saturated heterocycles. The summed E-state index contributed by atoms with van der Waals surface area (Å²) in [4.78, 5) is 11.1. The molecule has 0 amide bonds. The lowest BCUT2D eigenvalue weighted by atomic mass is 9.90. The van der Waals surface area contributed by atoms with Crippen molar-refractivity contribution in [2.45, 2.75) is 20.3 Å². The monoisotopic (exact) mass is 161 g/mol. The van der Waals surface area contributed by atoms with Gasteiger partial charge < -0.3 is 9.47 Å². The summed E-state index contributed by atoms with van der Waals surface area (Å²) >= 11 is 0. The molecule has 0 aromatic rings. The van der Waals surface area contributed by atoms with Crippen molar-refractivity contribution in [3.05, 3.63) is 0 Å². The predicted octanol–water partition coefficient (Wildman–Crippen LogP) is 1.22. The first-order valence-electron chi connectivity index (χ1n) is 4.05. The molecule has 66 valence electrons. The summed E-state index contributed by atoms with van der Waals surface area (Å²) in [5.74, 6) is -0.309. The van der Waals surface area contributed by atoms with E-state index in [1.54, 1.807) is 13.8 Å². The largest absolute Gasteiger partial charge is 0.469 e. The minimum Gasteiger partial charge on any atom is -0.469 e. The maximum atomic E-state index is 11.1. The van der Waals surface area contributed by atoms with Crippen molar-refractivity contribution in [3.8, 4) is 0 Å². The van der Waals surface area contributed by atoms with Crippen LogP contribution in [0.4, 0.5) is 0 Å². The van der Waals surface area contributed by atoms with E-state index in [0.717, 1.165) is 0 Å². The fourth-order valence-corrected chi connectivity index (χ4v) is 0.651. The van der Waals surface area contributed by atoms with Gasteiger partial charge in [-0.3, -0.25) is 4.79 Å². The molecule has 3 nitrogen and oxygen atoms in total. The van der Waals surface area contributed by atoms with Crippen LogP contribution in [0.1, 0.15) is 21.6 Å². The molecule has 0 aromatic carbocycles. The second-order valence-electron chi connectivity index (χ2n) is 2.98. The van der Waals surface area contributed by atoms with E-state index in [1.165, 1.54) is 14.2 Å². The number of hydrogen-bond acceptors (Lipinski definition) is 3. The van der Waals surface area contributed by atoms with E-state index in [-0.39, 0.29) is 5.97 Å². The molecule has 0 aliphatic carbocycles. The van der Waals surface area contributed by atoms with Crippen LogP contribution in [-0.2, 0) is 14.3 Å². The highest BCUT2D eigenvalue weighted by atomic mass is 16.5. The molecule has 0 saturated carbocycles.